The minimum Gasteiger partial charge on any atom is -0.477 e. The van der Waals surface area contributed by atoms with Gasteiger partial charge in [0.2, 0.25) is 0 Å². The Labute approximate surface area is 53.2 Å². The van der Waals surface area contributed by atoms with Crippen LogP contribution in [0.3, 0.4) is 0 Å². The summed E-state index contributed by atoms with van der Waals surface area (Å²) in [6.07, 6.45) is 5.32. The number of aliphatic carboxylic acids is 1. The molecule has 0 radical (unpaired) electrons. The van der Waals surface area contributed by atoms with E-state index in [1.165, 1.54) is 0 Å². The fraction of sp³-hybridized carbons (Fsp3) is 0.333. The van der Waals surface area contributed by atoms with Crippen LogP contribution in [0.4, 0.5) is 0 Å². The van der Waals surface area contributed by atoms with E-state index in [9.17, 15) is 4.79 Å². The first kappa shape index (κ1) is 7.70. The van der Waals surface area contributed by atoms with Crippen molar-refractivity contribution in [2.45, 2.75) is 12.8 Å². The van der Waals surface area contributed by atoms with Crippen LogP contribution in [0.1, 0.15) is 12.8 Å². The smallest absolute Gasteiger partial charge is 0.349 e. The van der Waals surface area contributed by atoms with E-state index in [2.05, 4.69) is 5.92 Å². The number of terminal acetylenes is 1. The van der Waals surface area contributed by atoms with Crippen molar-refractivity contribution < 1.29 is 9.90 Å². The van der Waals surface area contributed by atoms with Gasteiger partial charge < -0.3 is 5.11 Å². The zero-order chi connectivity index (χ0) is 7.28. The third-order valence-electron chi connectivity index (χ3n) is 0.777. The van der Waals surface area contributed by atoms with Crippen molar-refractivity contribution in [3.8, 4) is 12.3 Å². The van der Waals surface area contributed by atoms with Gasteiger partial charge in [0.1, 0.15) is 5.71 Å². The van der Waals surface area contributed by atoms with E-state index in [1.54, 1.807) is 0 Å². The number of carbonyl (C=O) groups is 1. The molecule has 0 fully saturated rings. The fourth-order valence-electron chi connectivity index (χ4n) is 0.304. The molecular formula is C6H7NO2. The van der Waals surface area contributed by atoms with E-state index in [0.29, 0.717) is 6.42 Å². The van der Waals surface area contributed by atoms with Crippen LogP contribution in [0, 0.1) is 17.8 Å². The highest BCUT2D eigenvalue weighted by atomic mass is 16.4. The predicted molar refractivity (Wildman–Crippen MR) is 33.4 cm³/mol. The molecule has 0 spiro atoms. The molecule has 0 aliphatic heterocycles. The van der Waals surface area contributed by atoms with Gasteiger partial charge in [-0.05, 0) is 0 Å². The summed E-state index contributed by atoms with van der Waals surface area (Å²) in [5.74, 6) is 1.06. The Morgan fingerprint density at radius 1 is 1.78 bits per heavy atom. The van der Waals surface area contributed by atoms with Gasteiger partial charge in [-0.3, -0.25) is 5.41 Å². The minimum absolute atomic E-state index is 0.159. The molecule has 0 heterocycles. The van der Waals surface area contributed by atoms with Gasteiger partial charge in [0.15, 0.2) is 0 Å². The molecule has 0 rings (SSSR count). The first-order valence-electron chi connectivity index (χ1n) is 2.42. The van der Waals surface area contributed by atoms with Crippen molar-refractivity contribution in [3.05, 3.63) is 0 Å². The maximum atomic E-state index is 9.91. The molecule has 0 unspecified atom stereocenters. The Kier molecular flexibility index (Phi) is 3.14. The van der Waals surface area contributed by atoms with Crippen molar-refractivity contribution in [3.63, 3.8) is 0 Å². The lowest BCUT2D eigenvalue weighted by Crippen LogP contribution is -2.10. The van der Waals surface area contributed by atoms with Crippen molar-refractivity contribution in [1.82, 2.24) is 0 Å². The SMILES string of the molecule is C#CCCC(=N)C(=O)O. The average molecular weight is 125 g/mol. The highest BCUT2D eigenvalue weighted by molar-refractivity contribution is 6.34. The zero-order valence-corrected chi connectivity index (χ0v) is 4.85. The summed E-state index contributed by atoms with van der Waals surface area (Å²) < 4.78 is 0. The van der Waals surface area contributed by atoms with Gasteiger partial charge in [-0.25, -0.2) is 4.79 Å². The van der Waals surface area contributed by atoms with Crippen LogP contribution in [-0.4, -0.2) is 16.8 Å². The Morgan fingerprint density at radius 2 is 2.33 bits per heavy atom. The molecule has 9 heavy (non-hydrogen) atoms. The first-order valence-corrected chi connectivity index (χ1v) is 2.42. The lowest BCUT2D eigenvalue weighted by molar-refractivity contribution is -0.129. The molecule has 3 heteroatoms. The highest BCUT2D eigenvalue weighted by Gasteiger charge is 2.03. The zero-order valence-electron chi connectivity index (χ0n) is 4.85. The minimum atomic E-state index is -1.19. The molecule has 0 aromatic carbocycles. The maximum absolute atomic E-state index is 9.91. The van der Waals surface area contributed by atoms with Gasteiger partial charge in [-0.1, -0.05) is 0 Å². The number of hydrogen-bond acceptors (Lipinski definition) is 2. The molecule has 48 valence electrons. The lowest BCUT2D eigenvalue weighted by Gasteiger charge is -1.89. The summed E-state index contributed by atoms with van der Waals surface area (Å²) in [7, 11) is 0. The standard InChI is InChI=1S/C6H7NO2/c1-2-3-4-5(7)6(8)9/h1,7H,3-4H2,(H,8,9). The molecular weight excluding hydrogens is 118 g/mol. The monoisotopic (exact) mass is 125 g/mol. The molecule has 0 aliphatic rings. The van der Waals surface area contributed by atoms with Gasteiger partial charge in [0.25, 0.3) is 0 Å². The molecule has 2 N–H and O–H groups in total. The van der Waals surface area contributed by atoms with E-state index in [0.717, 1.165) is 0 Å². The number of carboxylic acids is 1. The van der Waals surface area contributed by atoms with Crippen molar-refractivity contribution in [2.24, 2.45) is 0 Å². The van der Waals surface area contributed by atoms with E-state index in [1.807, 2.05) is 0 Å². The highest BCUT2D eigenvalue weighted by Crippen LogP contribution is 1.88. The molecule has 0 aliphatic carbocycles. The molecule has 3 nitrogen and oxygen atoms in total. The van der Waals surface area contributed by atoms with Crippen LogP contribution in [0.15, 0.2) is 0 Å². The summed E-state index contributed by atoms with van der Waals surface area (Å²) in [5.41, 5.74) is -0.326. The van der Waals surface area contributed by atoms with Crippen molar-refractivity contribution in [2.75, 3.05) is 0 Å². The van der Waals surface area contributed by atoms with Gasteiger partial charge in [-0.15, -0.1) is 12.3 Å². The van der Waals surface area contributed by atoms with Gasteiger partial charge in [-0.2, -0.15) is 0 Å². The van der Waals surface area contributed by atoms with Crippen LogP contribution in [0.5, 0.6) is 0 Å². The van der Waals surface area contributed by atoms with Crippen LogP contribution in [0.25, 0.3) is 0 Å². The summed E-state index contributed by atoms with van der Waals surface area (Å²) in [4.78, 5) is 9.91. The number of carboxylic acid groups (broad SMARTS) is 1. The molecule has 0 atom stereocenters. The summed E-state index contributed by atoms with van der Waals surface area (Å²) >= 11 is 0. The second-order valence-corrected chi connectivity index (χ2v) is 1.49. The first-order chi connectivity index (χ1) is 4.18. The summed E-state index contributed by atoms with van der Waals surface area (Å²) in [6, 6.07) is 0. The number of nitrogens with one attached hydrogen (secondary N) is 1. The average Bonchev–Trinajstić information content (AvgIpc) is 1.82. The third-order valence-corrected chi connectivity index (χ3v) is 0.777. The lowest BCUT2D eigenvalue weighted by atomic mass is 10.2. The number of rotatable bonds is 3. The molecule has 0 aromatic rings. The van der Waals surface area contributed by atoms with Crippen molar-refractivity contribution in [1.29, 1.82) is 5.41 Å². The summed E-state index contributed by atoms with van der Waals surface area (Å²) in [5, 5.41) is 14.9. The largest absolute Gasteiger partial charge is 0.477 e. The molecule has 0 saturated carbocycles. The Bertz CT molecular complexity index is 166. The quantitative estimate of drug-likeness (QED) is 0.426. The van der Waals surface area contributed by atoms with Crippen LogP contribution in [-0.2, 0) is 4.79 Å². The second-order valence-electron chi connectivity index (χ2n) is 1.49. The van der Waals surface area contributed by atoms with Gasteiger partial charge in [0, 0.05) is 12.8 Å². The molecule has 0 amide bonds. The van der Waals surface area contributed by atoms with E-state index < -0.39 is 5.97 Å². The van der Waals surface area contributed by atoms with Gasteiger partial charge in [0.05, 0.1) is 0 Å². The van der Waals surface area contributed by atoms with E-state index >= 15 is 0 Å². The summed E-state index contributed by atoms with van der Waals surface area (Å²) in [6.45, 7) is 0. The third kappa shape index (κ3) is 3.30. The fourth-order valence-corrected chi connectivity index (χ4v) is 0.304. The Hall–Kier alpha value is -1.30. The number of hydrogen-bond donors (Lipinski definition) is 2. The Morgan fingerprint density at radius 3 is 2.67 bits per heavy atom. The van der Waals surface area contributed by atoms with Crippen molar-refractivity contribution >= 4 is 11.7 Å². The van der Waals surface area contributed by atoms with E-state index in [4.69, 9.17) is 16.9 Å². The molecule has 0 saturated heterocycles. The molecule has 0 bridgehead atoms. The van der Waals surface area contributed by atoms with Crippen LogP contribution >= 0.6 is 0 Å². The maximum Gasteiger partial charge on any atom is 0.349 e. The van der Waals surface area contributed by atoms with Gasteiger partial charge >= 0.3 is 5.97 Å². The predicted octanol–water partition coefficient (Wildman–Crippen LogP) is 0.504. The van der Waals surface area contributed by atoms with Crippen LogP contribution in [0.2, 0.25) is 0 Å². The topological polar surface area (TPSA) is 61.2 Å². The van der Waals surface area contributed by atoms with Crippen LogP contribution < -0.4 is 0 Å². The molecule has 0 aromatic heterocycles. The van der Waals surface area contributed by atoms with E-state index in [-0.39, 0.29) is 12.1 Å². The Balaban J connectivity index is 3.55. The second kappa shape index (κ2) is 3.67. The normalized spacial score (nSPS) is 7.89.